The van der Waals surface area contributed by atoms with Crippen molar-refractivity contribution in [1.82, 2.24) is 5.32 Å². The van der Waals surface area contributed by atoms with Gasteiger partial charge in [0.25, 0.3) is 0 Å². The topological polar surface area (TPSA) is 12.0 Å². The summed E-state index contributed by atoms with van der Waals surface area (Å²) in [4.78, 5) is 0. The van der Waals surface area contributed by atoms with Gasteiger partial charge in [-0.2, -0.15) is 0 Å². The van der Waals surface area contributed by atoms with Crippen molar-refractivity contribution in [2.75, 3.05) is 6.54 Å². The minimum atomic E-state index is 0.248. The van der Waals surface area contributed by atoms with E-state index in [2.05, 4.69) is 46.9 Å². The van der Waals surface area contributed by atoms with E-state index in [9.17, 15) is 0 Å². The van der Waals surface area contributed by atoms with E-state index >= 15 is 0 Å². The van der Waals surface area contributed by atoms with Crippen LogP contribution < -0.4 is 5.32 Å². The summed E-state index contributed by atoms with van der Waals surface area (Å²) in [6.45, 7) is 15.0. The number of rotatable bonds is 10. The molecule has 0 aliphatic heterocycles. The summed E-state index contributed by atoms with van der Waals surface area (Å²) >= 11 is 0. The van der Waals surface area contributed by atoms with Crippen LogP contribution in [0, 0.1) is 5.41 Å². The highest BCUT2D eigenvalue weighted by molar-refractivity contribution is 4.83. The van der Waals surface area contributed by atoms with E-state index in [0.29, 0.717) is 5.41 Å². The molecule has 0 atom stereocenters. The average molecular weight is 255 g/mol. The maximum absolute atomic E-state index is 3.72. The molecule has 0 saturated carbocycles. The quantitative estimate of drug-likeness (QED) is 0.505. The molecule has 1 nitrogen and oxygen atoms in total. The van der Waals surface area contributed by atoms with Crippen LogP contribution in [0.2, 0.25) is 0 Å². The average Bonchev–Trinajstić information content (AvgIpc) is 2.32. The van der Waals surface area contributed by atoms with Gasteiger partial charge < -0.3 is 5.32 Å². The molecular formula is C17H37N. The van der Waals surface area contributed by atoms with E-state index in [0.717, 1.165) is 0 Å². The van der Waals surface area contributed by atoms with Crippen LogP contribution in [-0.4, -0.2) is 12.1 Å². The lowest BCUT2D eigenvalue weighted by atomic mass is 9.77. The third-order valence-corrected chi connectivity index (χ3v) is 4.30. The van der Waals surface area contributed by atoms with E-state index in [1.54, 1.807) is 0 Å². The fourth-order valence-corrected chi connectivity index (χ4v) is 2.50. The van der Waals surface area contributed by atoms with E-state index in [1.165, 1.54) is 57.9 Å². The Morgan fingerprint density at radius 3 is 1.78 bits per heavy atom. The maximum atomic E-state index is 3.72. The van der Waals surface area contributed by atoms with E-state index in [-0.39, 0.29) is 5.54 Å². The lowest BCUT2D eigenvalue weighted by Gasteiger charge is -2.35. The predicted octanol–water partition coefficient (Wildman–Crippen LogP) is 5.54. The van der Waals surface area contributed by atoms with Crippen LogP contribution in [0.3, 0.4) is 0 Å². The van der Waals surface area contributed by atoms with E-state index in [1.807, 2.05) is 0 Å². The molecule has 0 aromatic rings. The number of hydrogen-bond donors (Lipinski definition) is 1. The van der Waals surface area contributed by atoms with Crippen molar-refractivity contribution in [1.29, 1.82) is 0 Å². The molecule has 0 bridgehead atoms. The van der Waals surface area contributed by atoms with E-state index in [4.69, 9.17) is 0 Å². The first-order valence-electron chi connectivity index (χ1n) is 8.14. The zero-order valence-corrected chi connectivity index (χ0v) is 13.9. The molecule has 0 radical (unpaired) electrons. The number of nitrogens with one attached hydrogen (secondary N) is 1. The molecule has 0 amide bonds. The van der Waals surface area contributed by atoms with Gasteiger partial charge in [-0.15, -0.1) is 0 Å². The molecule has 1 N–H and O–H groups in total. The lowest BCUT2D eigenvalue weighted by molar-refractivity contribution is 0.198. The highest BCUT2D eigenvalue weighted by Crippen LogP contribution is 2.32. The summed E-state index contributed by atoms with van der Waals surface area (Å²) in [5.41, 5.74) is 0.775. The van der Waals surface area contributed by atoms with Crippen molar-refractivity contribution >= 4 is 0 Å². The van der Waals surface area contributed by atoms with Crippen LogP contribution in [0.25, 0.3) is 0 Å². The summed E-state index contributed by atoms with van der Waals surface area (Å²) in [7, 11) is 0. The third-order valence-electron chi connectivity index (χ3n) is 4.30. The summed E-state index contributed by atoms with van der Waals surface area (Å²) < 4.78 is 0. The van der Waals surface area contributed by atoms with Crippen LogP contribution in [0.5, 0.6) is 0 Å². The first kappa shape index (κ1) is 18.0. The second kappa shape index (κ2) is 8.96. The van der Waals surface area contributed by atoms with Gasteiger partial charge in [0, 0.05) is 12.1 Å². The molecule has 0 aromatic carbocycles. The molecule has 18 heavy (non-hydrogen) atoms. The monoisotopic (exact) mass is 255 g/mol. The molecule has 0 fully saturated rings. The van der Waals surface area contributed by atoms with Gasteiger partial charge in [-0.3, -0.25) is 0 Å². The van der Waals surface area contributed by atoms with Crippen molar-refractivity contribution in [2.24, 2.45) is 5.41 Å². The predicted molar refractivity (Wildman–Crippen MR) is 84.1 cm³/mol. The first-order chi connectivity index (χ1) is 8.39. The van der Waals surface area contributed by atoms with Crippen LogP contribution in [-0.2, 0) is 0 Å². The summed E-state index contributed by atoms with van der Waals surface area (Å²) in [5, 5.41) is 3.72. The van der Waals surface area contributed by atoms with Crippen LogP contribution >= 0.6 is 0 Å². The summed E-state index contributed by atoms with van der Waals surface area (Å²) in [6, 6.07) is 0. The Morgan fingerprint density at radius 2 is 1.33 bits per heavy atom. The van der Waals surface area contributed by atoms with Gasteiger partial charge in [0.05, 0.1) is 0 Å². The minimum absolute atomic E-state index is 0.248. The third kappa shape index (κ3) is 8.13. The summed E-state index contributed by atoms with van der Waals surface area (Å²) in [6.07, 6.45) is 11.0. The standard InChI is InChI=1S/C17H37N/c1-7-10-11-12-13-14-17(8-2,9-3)15-18-16(4,5)6/h18H,7-15H2,1-6H3. The van der Waals surface area contributed by atoms with Crippen molar-refractivity contribution in [2.45, 2.75) is 98.4 Å². The molecule has 1 heteroatoms. The Morgan fingerprint density at radius 1 is 0.778 bits per heavy atom. The molecule has 0 heterocycles. The Bertz CT molecular complexity index is 186. The summed E-state index contributed by atoms with van der Waals surface area (Å²) in [5.74, 6) is 0. The Hall–Kier alpha value is -0.0400. The molecule has 0 aliphatic carbocycles. The van der Waals surface area contributed by atoms with Crippen molar-refractivity contribution in [3.05, 3.63) is 0 Å². The normalized spacial score (nSPS) is 13.0. The zero-order valence-electron chi connectivity index (χ0n) is 13.9. The van der Waals surface area contributed by atoms with Gasteiger partial charge >= 0.3 is 0 Å². The zero-order chi connectivity index (χ0) is 14.1. The fraction of sp³-hybridized carbons (Fsp3) is 1.00. The SMILES string of the molecule is CCCCCCCC(CC)(CC)CNC(C)(C)C. The highest BCUT2D eigenvalue weighted by Gasteiger charge is 2.26. The first-order valence-corrected chi connectivity index (χ1v) is 8.14. The molecule has 0 saturated heterocycles. The van der Waals surface area contributed by atoms with Gasteiger partial charge in [0.15, 0.2) is 0 Å². The molecule has 0 rings (SSSR count). The van der Waals surface area contributed by atoms with Crippen LogP contribution in [0.1, 0.15) is 92.9 Å². The van der Waals surface area contributed by atoms with Gasteiger partial charge in [-0.05, 0) is 45.4 Å². The minimum Gasteiger partial charge on any atom is -0.312 e. The Balaban J connectivity index is 4.09. The Labute approximate surface area is 116 Å². The number of unbranched alkanes of at least 4 members (excludes halogenated alkanes) is 4. The van der Waals surface area contributed by atoms with Crippen LogP contribution in [0.4, 0.5) is 0 Å². The molecule has 0 aromatic heterocycles. The van der Waals surface area contributed by atoms with E-state index < -0.39 is 0 Å². The van der Waals surface area contributed by atoms with Crippen molar-refractivity contribution < 1.29 is 0 Å². The van der Waals surface area contributed by atoms with Gasteiger partial charge in [0.1, 0.15) is 0 Å². The van der Waals surface area contributed by atoms with Crippen LogP contribution in [0.15, 0.2) is 0 Å². The molecule has 110 valence electrons. The molecule has 0 unspecified atom stereocenters. The van der Waals surface area contributed by atoms with Gasteiger partial charge in [0.2, 0.25) is 0 Å². The van der Waals surface area contributed by atoms with Gasteiger partial charge in [-0.25, -0.2) is 0 Å². The fourth-order valence-electron chi connectivity index (χ4n) is 2.50. The Kier molecular flexibility index (Phi) is 8.94. The largest absolute Gasteiger partial charge is 0.312 e. The molecular weight excluding hydrogens is 218 g/mol. The second-order valence-corrected chi connectivity index (χ2v) is 6.97. The lowest BCUT2D eigenvalue weighted by Crippen LogP contribution is -2.43. The molecule has 0 spiro atoms. The highest BCUT2D eigenvalue weighted by atomic mass is 15.0. The second-order valence-electron chi connectivity index (χ2n) is 6.97. The van der Waals surface area contributed by atoms with Crippen molar-refractivity contribution in [3.8, 4) is 0 Å². The number of hydrogen-bond acceptors (Lipinski definition) is 1. The molecule has 0 aliphatic rings. The maximum Gasteiger partial charge on any atom is 0.00967 e. The smallest absolute Gasteiger partial charge is 0.00967 e. The van der Waals surface area contributed by atoms with Crippen molar-refractivity contribution in [3.63, 3.8) is 0 Å². The van der Waals surface area contributed by atoms with Gasteiger partial charge in [-0.1, -0.05) is 52.9 Å².